The molecular formula is C16H20N4O3S. The number of carbonyl (C=O) groups excluding carboxylic acids is 1. The first-order valence-corrected chi connectivity index (χ1v) is 10.1. The van der Waals surface area contributed by atoms with E-state index >= 15 is 0 Å². The van der Waals surface area contributed by atoms with Gasteiger partial charge in [0.1, 0.15) is 5.82 Å². The van der Waals surface area contributed by atoms with Crippen LogP contribution >= 0.6 is 0 Å². The van der Waals surface area contributed by atoms with Crippen LogP contribution in [0.2, 0.25) is 0 Å². The number of carbonyl (C=O) groups is 1. The summed E-state index contributed by atoms with van der Waals surface area (Å²) >= 11 is 0. The number of hydrogen-bond donors (Lipinski definition) is 0. The molecule has 8 heteroatoms. The Morgan fingerprint density at radius 2 is 2.08 bits per heavy atom. The zero-order valence-electron chi connectivity index (χ0n) is 13.3. The molecule has 0 spiro atoms. The van der Waals surface area contributed by atoms with Crippen LogP contribution in [-0.4, -0.2) is 58.4 Å². The molecule has 0 unspecified atom stereocenters. The van der Waals surface area contributed by atoms with E-state index in [1.165, 1.54) is 0 Å². The minimum atomic E-state index is -3.04. The maximum absolute atomic E-state index is 12.7. The molecule has 128 valence electrons. The standard InChI is InChI=1S/C16H20N4O3S/c21-16(13-6-9-24(22,23)11-13)19-7-3-4-12(10-19)15-18-17-14-5-1-2-8-20(14)15/h1-2,5,8,12-13H,3-4,6-7,9-11H2/t12-,13-/m0/s1. The van der Waals surface area contributed by atoms with Crippen molar-refractivity contribution in [3.8, 4) is 0 Å². The van der Waals surface area contributed by atoms with Gasteiger partial charge in [0.05, 0.1) is 17.4 Å². The Labute approximate surface area is 140 Å². The maximum atomic E-state index is 12.7. The number of amides is 1. The third-order valence-corrected chi connectivity index (χ3v) is 6.79. The molecule has 2 fully saturated rings. The van der Waals surface area contributed by atoms with Gasteiger partial charge in [0, 0.05) is 25.2 Å². The van der Waals surface area contributed by atoms with Crippen LogP contribution in [0.1, 0.15) is 31.0 Å². The van der Waals surface area contributed by atoms with Crippen molar-refractivity contribution in [1.29, 1.82) is 0 Å². The second-order valence-corrected chi connectivity index (χ2v) is 8.94. The van der Waals surface area contributed by atoms with E-state index in [9.17, 15) is 13.2 Å². The number of piperidine rings is 1. The van der Waals surface area contributed by atoms with E-state index in [0.29, 0.717) is 19.5 Å². The fourth-order valence-electron chi connectivity index (χ4n) is 3.77. The summed E-state index contributed by atoms with van der Waals surface area (Å²) in [5.74, 6) is 0.759. The summed E-state index contributed by atoms with van der Waals surface area (Å²) in [5.41, 5.74) is 0.804. The monoisotopic (exact) mass is 348 g/mol. The van der Waals surface area contributed by atoms with Crippen molar-refractivity contribution in [2.75, 3.05) is 24.6 Å². The van der Waals surface area contributed by atoms with E-state index in [4.69, 9.17) is 0 Å². The predicted octanol–water partition coefficient (Wildman–Crippen LogP) is 0.870. The third-order valence-electron chi connectivity index (χ3n) is 5.02. The van der Waals surface area contributed by atoms with Gasteiger partial charge in [-0.25, -0.2) is 8.42 Å². The number of aromatic nitrogens is 3. The Kier molecular flexibility index (Phi) is 3.79. The van der Waals surface area contributed by atoms with E-state index in [1.807, 2.05) is 33.7 Å². The molecular weight excluding hydrogens is 328 g/mol. The highest BCUT2D eigenvalue weighted by Crippen LogP contribution is 2.29. The van der Waals surface area contributed by atoms with Crippen molar-refractivity contribution in [3.05, 3.63) is 30.2 Å². The Hall–Kier alpha value is -1.96. The average Bonchev–Trinajstić information content (AvgIpc) is 3.17. The summed E-state index contributed by atoms with van der Waals surface area (Å²) in [6.45, 7) is 1.29. The molecule has 0 aliphatic carbocycles. The highest BCUT2D eigenvalue weighted by Gasteiger charge is 2.37. The van der Waals surface area contributed by atoms with E-state index in [1.54, 1.807) is 0 Å². The van der Waals surface area contributed by atoms with Crippen molar-refractivity contribution >= 4 is 21.4 Å². The molecule has 0 N–H and O–H groups in total. The van der Waals surface area contributed by atoms with Crippen LogP contribution in [0.4, 0.5) is 0 Å². The van der Waals surface area contributed by atoms with Gasteiger partial charge in [0.15, 0.2) is 15.5 Å². The molecule has 7 nitrogen and oxygen atoms in total. The average molecular weight is 348 g/mol. The Balaban J connectivity index is 1.53. The fraction of sp³-hybridized carbons (Fsp3) is 0.562. The molecule has 4 heterocycles. The molecule has 2 aromatic rings. The van der Waals surface area contributed by atoms with Crippen LogP contribution in [-0.2, 0) is 14.6 Å². The molecule has 2 aromatic heterocycles. The molecule has 4 rings (SSSR count). The molecule has 0 saturated carbocycles. The number of hydrogen-bond acceptors (Lipinski definition) is 5. The van der Waals surface area contributed by atoms with Crippen molar-refractivity contribution < 1.29 is 13.2 Å². The lowest BCUT2D eigenvalue weighted by molar-refractivity contribution is -0.136. The largest absolute Gasteiger partial charge is 0.342 e. The fourth-order valence-corrected chi connectivity index (χ4v) is 5.51. The second-order valence-electron chi connectivity index (χ2n) is 6.71. The van der Waals surface area contributed by atoms with Crippen LogP contribution in [0.5, 0.6) is 0 Å². The Morgan fingerprint density at radius 1 is 1.21 bits per heavy atom. The summed E-state index contributed by atoms with van der Waals surface area (Å²) in [6.07, 6.45) is 4.26. The normalized spacial score (nSPS) is 26.8. The summed E-state index contributed by atoms with van der Waals surface area (Å²) in [7, 11) is -3.04. The molecule has 2 aliphatic heterocycles. The number of nitrogens with zero attached hydrogens (tertiary/aromatic N) is 4. The zero-order chi connectivity index (χ0) is 16.7. The quantitative estimate of drug-likeness (QED) is 0.804. The minimum absolute atomic E-state index is 0.000856. The molecule has 2 aliphatic rings. The first-order chi connectivity index (χ1) is 11.5. The van der Waals surface area contributed by atoms with E-state index in [-0.39, 0.29) is 29.2 Å². The van der Waals surface area contributed by atoms with Gasteiger partial charge in [-0.3, -0.25) is 9.20 Å². The van der Waals surface area contributed by atoms with Crippen LogP contribution in [0.15, 0.2) is 24.4 Å². The minimum Gasteiger partial charge on any atom is -0.342 e. The summed E-state index contributed by atoms with van der Waals surface area (Å²) < 4.78 is 25.2. The van der Waals surface area contributed by atoms with E-state index < -0.39 is 9.84 Å². The molecule has 1 amide bonds. The number of pyridine rings is 1. The Bertz CT molecular complexity index is 876. The molecule has 0 aromatic carbocycles. The number of fused-ring (bicyclic) bond motifs is 1. The smallest absolute Gasteiger partial charge is 0.226 e. The van der Waals surface area contributed by atoms with Gasteiger partial charge in [-0.15, -0.1) is 10.2 Å². The van der Waals surface area contributed by atoms with Crippen molar-refractivity contribution in [3.63, 3.8) is 0 Å². The summed E-state index contributed by atoms with van der Waals surface area (Å²) in [6, 6.07) is 5.77. The zero-order valence-corrected chi connectivity index (χ0v) is 14.2. The third kappa shape index (κ3) is 2.79. The lowest BCUT2D eigenvalue weighted by atomic mass is 9.95. The van der Waals surface area contributed by atoms with Crippen molar-refractivity contribution in [2.45, 2.75) is 25.2 Å². The first-order valence-electron chi connectivity index (χ1n) is 8.32. The number of rotatable bonds is 2. The maximum Gasteiger partial charge on any atom is 0.226 e. The van der Waals surface area contributed by atoms with Crippen LogP contribution in [0.3, 0.4) is 0 Å². The predicted molar refractivity (Wildman–Crippen MR) is 88.3 cm³/mol. The van der Waals surface area contributed by atoms with Gasteiger partial charge in [-0.1, -0.05) is 6.07 Å². The van der Waals surface area contributed by atoms with Gasteiger partial charge < -0.3 is 4.90 Å². The van der Waals surface area contributed by atoms with Crippen LogP contribution in [0, 0.1) is 5.92 Å². The van der Waals surface area contributed by atoms with Gasteiger partial charge in [0.25, 0.3) is 0 Å². The Morgan fingerprint density at radius 3 is 2.88 bits per heavy atom. The molecule has 0 bridgehead atoms. The summed E-state index contributed by atoms with van der Waals surface area (Å²) in [4.78, 5) is 14.5. The van der Waals surface area contributed by atoms with Gasteiger partial charge >= 0.3 is 0 Å². The topological polar surface area (TPSA) is 84.6 Å². The molecule has 2 atom stereocenters. The van der Waals surface area contributed by atoms with E-state index in [2.05, 4.69) is 10.2 Å². The number of sulfone groups is 1. The summed E-state index contributed by atoms with van der Waals surface area (Å²) in [5, 5.41) is 8.50. The number of likely N-dealkylation sites (tertiary alicyclic amines) is 1. The lowest BCUT2D eigenvalue weighted by Gasteiger charge is -2.33. The SMILES string of the molecule is O=C([C@H]1CCS(=O)(=O)C1)N1CCC[C@H](c2nnc3ccccn23)C1. The van der Waals surface area contributed by atoms with Crippen LogP contribution in [0.25, 0.3) is 5.65 Å². The lowest BCUT2D eigenvalue weighted by Crippen LogP contribution is -2.43. The van der Waals surface area contributed by atoms with Gasteiger partial charge in [0.2, 0.25) is 5.91 Å². The second kappa shape index (κ2) is 5.84. The highest BCUT2D eigenvalue weighted by atomic mass is 32.2. The molecule has 2 saturated heterocycles. The van der Waals surface area contributed by atoms with Crippen molar-refractivity contribution in [1.82, 2.24) is 19.5 Å². The van der Waals surface area contributed by atoms with E-state index in [0.717, 1.165) is 24.3 Å². The highest BCUT2D eigenvalue weighted by molar-refractivity contribution is 7.91. The van der Waals surface area contributed by atoms with Crippen molar-refractivity contribution in [2.24, 2.45) is 5.92 Å². The van der Waals surface area contributed by atoms with Gasteiger partial charge in [-0.05, 0) is 31.4 Å². The molecule has 24 heavy (non-hydrogen) atoms. The molecule has 0 radical (unpaired) electrons. The van der Waals surface area contributed by atoms with Crippen LogP contribution < -0.4 is 0 Å². The van der Waals surface area contributed by atoms with Gasteiger partial charge in [-0.2, -0.15) is 0 Å². The first kappa shape index (κ1) is 15.6.